The highest BCUT2D eigenvalue weighted by molar-refractivity contribution is 6.33. The Morgan fingerprint density at radius 3 is 2.70 bits per heavy atom. The molecule has 2 N–H and O–H groups in total. The highest BCUT2D eigenvalue weighted by Gasteiger charge is 2.03. The molecule has 0 aliphatic heterocycles. The van der Waals surface area contributed by atoms with E-state index in [2.05, 4.69) is 11.9 Å². The van der Waals surface area contributed by atoms with Crippen molar-refractivity contribution in [1.29, 1.82) is 0 Å². The smallest absolute Gasteiger partial charge is 0.224 e. The highest BCUT2D eigenvalue weighted by atomic mass is 28.2. The van der Waals surface area contributed by atoms with Gasteiger partial charge in [0.2, 0.25) is 5.91 Å². The molecule has 1 aromatic carbocycles. The van der Waals surface area contributed by atoms with Gasteiger partial charge in [-0.3, -0.25) is 4.79 Å². The molecule has 110 valence electrons. The van der Waals surface area contributed by atoms with Crippen LogP contribution in [0.2, 0.25) is 12.6 Å². The van der Waals surface area contributed by atoms with Crippen LogP contribution in [-0.2, 0) is 11.2 Å². The van der Waals surface area contributed by atoms with Crippen molar-refractivity contribution >= 4 is 15.4 Å². The zero-order chi connectivity index (χ0) is 14.6. The van der Waals surface area contributed by atoms with Crippen molar-refractivity contribution < 1.29 is 14.6 Å². The number of carbonyl (C=O) groups is 1. The van der Waals surface area contributed by atoms with E-state index in [1.165, 1.54) is 6.04 Å². The van der Waals surface area contributed by atoms with Crippen molar-refractivity contribution in [1.82, 2.24) is 5.32 Å². The van der Waals surface area contributed by atoms with E-state index in [0.717, 1.165) is 33.8 Å². The monoisotopic (exact) mass is 293 g/mol. The lowest BCUT2D eigenvalue weighted by Crippen LogP contribution is -2.26. The molecule has 0 aromatic heterocycles. The first-order valence-corrected chi connectivity index (χ1v) is 8.71. The summed E-state index contributed by atoms with van der Waals surface area (Å²) in [5.74, 6) is 0.838. The number of benzene rings is 1. The van der Waals surface area contributed by atoms with Crippen LogP contribution in [0.3, 0.4) is 0 Å². The zero-order valence-electron chi connectivity index (χ0n) is 12.0. The van der Waals surface area contributed by atoms with E-state index in [1.807, 2.05) is 24.3 Å². The molecular weight excluding hydrogens is 270 g/mol. The molecule has 0 heterocycles. The van der Waals surface area contributed by atoms with Gasteiger partial charge in [-0.1, -0.05) is 24.7 Å². The molecule has 0 fully saturated rings. The Balaban J connectivity index is 2.27. The van der Waals surface area contributed by atoms with Crippen LogP contribution in [-0.4, -0.2) is 40.3 Å². The van der Waals surface area contributed by atoms with Gasteiger partial charge in [-0.05, 0) is 24.1 Å². The van der Waals surface area contributed by atoms with E-state index in [4.69, 9.17) is 9.84 Å². The molecule has 1 aromatic rings. The van der Waals surface area contributed by atoms with E-state index in [-0.39, 0.29) is 12.5 Å². The lowest BCUT2D eigenvalue weighted by Gasteiger charge is -2.07. The zero-order valence-corrected chi connectivity index (χ0v) is 13.0. The Kier molecular flexibility index (Phi) is 8.74. The number of aliphatic hydroxyl groups excluding tert-OH is 1. The maximum absolute atomic E-state index is 11.7. The fraction of sp³-hybridized carbons (Fsp3) is 0.533. The van der Waals surface area contributed by atoms with Crippen molar-refractivity contribution in [2.75, 3.05) is 19.8 Å². The predicted octanol–water partition coefficient (Wildman–Crippen LogP) is 1.67. The number of rotatable bonds is 10. The Labute approximate surface area is 123 Å². The molecule has 0 saturated carbocycles. The lowest BCUT2D eigenvalue weighted by molar-refractivity contribution is -0.120. The molecule has 20 heavy (non-hydrogen) atoms. The average molecular weight is 293 g/mol. The van der Waals surface area contributed by atoms with Crippen molar-refractivity contribution in [3.05, 3.63) is 29.8 Å². The number of hydrogen-bond acceptors (Lipinski definition) is 3. The number of amides is 1. The van der Waals surface area contributed by atoms with Gasteiger partial charge in [0.25, 0.3) is 0 Å². The van der Waals surface area contributed by atoms with E-state index in [0.29, 0.717) is 19.4 Å². The molecule has 0 aliphatic carbocycles. The van der Waals surface area contributed by atoms with Gasteiger partial charge in [-0.2, -0.15) is 0 Å². The first kappa shape index (κ1) is 16.7. The van der Waals surface area contributed by atoms with Gasteiger partial charge in [-0.15, -0.1) is 0 Å². The van der Waals surface area contributed by atoms with Crippen LogP contribution < -0.4 is 10.1 Å². The summed E-state index contributed by atoms with van der Waals surface area (Å²) >= 11 is 0. The fourth-order valence-electron chi connectivity index (χ4n) is 1.70. The van der Waals surface area contributed by atoms with Gasteiger partial charge in [-0.25, -0.2) is 0 Å². The van der Waals surface area contributed by atoms with Gasteiger partial charge < -0.3 is 15.2 Å². The topological polar surface area (TPSA) is 58.6 Å². The molecule has 2 radical (unpaired) electrons. The number of nitrogens with one attached hydrogen (secondary N) is 1. The molecule has 0 spiro atoms. The predicted molar refractivity (Wildman–Crippen MR) is 81.4 cm³/mol. The highest BCUT2D eigenvalue weighted by Crippen LogP contribution is 2.12. The number of aliphatic hydroxyl groups is 1. The summed E-state index contributed by atoms with van der Waals surface area (Å²) < 4.78 is 5.44. The molecule has 0 unspecified atom stereocenters. The van der Waals surface area contributed by atoms with Crippen molar-refractivity contribution in [2.45, 2.75) is 31.9 Å². The van der Waals surface area contributed by atoms with Crippen LogP contribution in [0.15, 0.2) is 24.3 Å². The van der Waals surface area contributed by atoms with E-state index < -0.39 is 0 Å². The summed E-state index contributed by atoms with van der Waals surface area (Å²) in [6, 6.07) is 8.71. The van der Waals surface area contributed by atoms with Crippen molar-refractivity contribution in [3.63, 3.8) is 0 Å². The SMILES string of the molecule is C[Si]CCCNC(=O)Cc1ccc(OCCCO)cc1. The molecular formula is C15H23NO3Si. The Bertz CT molecular complexity index is 381. The largest absolute Gasteiger partial charge is 0.494 e. The normalized spacial score (nSPS) is 10.3. The van der Waals surface area contributed by atoms with Crippen LogP contribution in [0.5, 0.6) is 5.75 Å². The quantitative estimate of drug-likeness (QED) is 0.509. The van der Waals surface area contributed by atoms with Gasteiger partial charge in [0, 0.05) is 29.1 Å². The van der Waals surface area contributed by atoms with Gasteiger partial charge in [0.05, 0.1) is 13.0 Å². The Morgan fingerprint density at radius 2 is 2.05 bits per heavy atom. The van der Waals surface area contributed by atoms with Gasteiger partial charge in [0.15, 0.2) is 0 Å². The standard InChI is InChI=1S/C15H23NO3Si/c1-20-11-2-8-16-15(18)12-13-4-6-14(7-5-13)19-10-3-9-17/h4-7,17H,2-3,8-12H2,1H3,(H,16,18). The molecule has 1 rings (SSSR count). The third-order valence-corrected chi connectivity index (χ3v) is 3.64. The van der Waals surface area contributed by atoms with Crippen molar-refractivity contribution in [3.8, 4) is 5.75 Å². The maximum atomic E-state index is 11.7. The summed E-state index contributed by atoms with van der Waals surface area (Å²) in [6.07, 6.45) is 2.09. The second-order valence-corrected chi connectivity index (χ2v) is 5.76. The molecule has 0 bridgehead atoms. The molecule has 0 saturated heterocycles. The van der Waals surface area contributed by atoms with Crippen LogP contribution in [0.4, 0.5) is 0 Å². The average Bonchev–Trinajstić information content (AvgIpc) is 2.46. The van der Waals surface area contributed by atoms with Crippen molar-refractivity contribution in [2.24, 2.45) is 0 Å². The summed E-state index contributed by atoms with van der Waals surface area (Å²) in [4.78, 5) is 11.7. The van der Waals surface area contributed by atoms with E-state index >= 15 is 0 Å². The minimum Gasteiger partial charge on any atom is -0.494 e. The first-order valence-electron chi connectivity index (χ1n) is 7.00. The lowest BCUT2D eigenvalue weighted by atomic mass is 10.1. The molecule has 0 atom stereocenters. The molecule has 1 amide bonds. The summed E-state index contributed by atoms with van der Waals surface area (Å²) in [5.41, 5.74) is 0.981. The minimum atomic E-state index is 0.0679. The summed E-state index contributed by atoms with van der Waals surface area (Å²) in [5, 5.41) is 11.6. The first-order chi connectivity index (χ1) is 9.76. The van der Waals surface area contributed by atoms with Crippen LogP contribution in [0.25, 0.3) is 0 Å². The minimum absolute atomic E-state index is 0.0679. The van der Waals surface area contributed by atoms with Crippen LogP contribution in [0, 0.1) is 0 Å². The van der Waals surface area contributed by atoms with Gasteiger partial charge in [0.1, 0.15) is 5.75 Å². The maximum Gasteiger partial charge on any atom is 0.224 e. The number of hydrogen-bond donors (Lipinski definition) is 2. The van der Waals surface area contributed by atoms with Crippen LogP contribution in [0.1, 0.15) is 18.4 Å². The molecule has 5 heteroatoms. The fourth-order valence-corrected chi connectivity index (χ4v) is 2.23. The third-order valence-electron chi connectivity index (χ3n) is 2.78. The summed E-state index contributed by atoms with van der Waals surface area (Å²) in [7, 11) is 0.952. The Morgan fingerprint density at radius 1 is 1.30 bits per heavy atom. The molecule has 0 aliphatic rings. The summed E-state index contributed by atoms with van der Waals surface area (Å²) in [6.45, 7) is 3.58. The van der Waals surface area contributed by atoms with Crippen LogP contribution >= 0.6 is 0 Å². The van der Waals surface area contributed by atoms with E-state index in [1.54, 1.807) is 0 Å². The Hall–Kier alpha value is -1.33. The number of ether oxygens (including phenoxy) is 1. The molecule has 4 nitrogen and oxygen atoms in total. The number of carbonyl (C=O) groups excluding carboxylic acids is 1. The second kappa shape index (κ2) is 10.5. The second-order valence-electron chi connectivity index (χ2n) is 4.55. The third kappa shape index (κ3) is 7.30. The van der Waals surface area contributed by atoms with E-state index in [9.17, 15) is 4.79 Å². The van der Waals surface area contributed by atoms with Gasteiger partial charge >= 0.3 is 0 Å².